The molecule has 0 aliphatic carbocycles. The van der Waals surface area contributed by atoms with E-state index >= 15 is 0 Å². The molecule has 0 heterocycles. The van der Waals surface area contributed by atoms with Gasteiger partial charge >= 0.3 is 6.18 Å². The Hall–Kier alpha value is -1.46. The highest BCUT2D eigenvalue weighted by Crippen LogP contribution is 2.38. The topological polar surface area (TPSA) is 38.0 Å². The normalized spacial score (nSPS) is 11.4. The molecule has 0 aliphatic heterocycles. The van der Waals surface area contributed by atoms with Crippen LogP contribution in [0.4, 0.5) is 29.0 Å². The van der Waals surface area contributed by atoms with Crippen LogP contribution in [-0.2, 0) is 6.18 Å². The number of benzene rings is 1. The Labute approximate surface area is 71.3 Å². The number of anilines is 2. The molecule has 1 aromatic carbocycles. The van der Waals surface area contributed by atoms with Crippen LogP contribution in [0.3, 0.4) is 0 Å². The summed E-state index contributed by atoms with van der Waals surface area (Å²) in [6.07, 6.45) is -4.65. The number of rotatable bonds is 1. The van der Waals surface area contributed by atoms with Crippen molar-refractivity contribution in [1.82, 2.24) is 0 Å². The Morgan fingerprint density at radius 3 is 2.23 bits per heavy atom. The number of hydrogen-bond acceptors (Lipinski definition) is 2. The zero-order valence-electron chi connectivity index (χ0n) is 6.32. The first kappa shape index (κ1) is 9.63. The average Bonchev–Trinajstić information content (AvgIpc) is 2.01. The molecular weight excluding hydrogens is 188 g/mol. The van der Waals surface area contributed by atoms with Gasteiger partial charge in [0.25, 0.3) is 0 Å². The van der Waals surface area contributed by atoms with Crippen LogP contribution in [0, 0.1) is 0 Å². The van der Waals surface area contributed by atoms with E-state index in [-0.39, 0.29) is 0 Å². The maximum atomic E-state index is 12.2. The third kappa shape index (κ3) is 1.82. The van der Waals surface area contributed by atoms with Crippen molar-refractivity contribution in [1.29, 1.82) is 0 Å². The Kier molecular flexibility index (Phi) is 2.31. The first-order valence-corrected chi connectivity index (χ1v) is 3.29. The van der Waals surface area contributed by atoms with Crippen LogP contribution in [0.2, 0.25) is 0 Å². The summed E-state index contributed by atoms with van der Waals surface area (Å²) in [4.78, 5) is 0. The molecule has 0 saturated carbocycles. The number of hydrogen-bond donors (Lipinski definition) is 2. The molecule has 0 saturated heterocycles. The summed E-state index contributed by atoms with van der Waals surface area (Å²) in [6.45, 7) is 0. The van der Waals surface area contributed by atoms with Crippen molar-refractivity contribution >= 4 is 11.4 Å². The van der Waals surface area contributed by atoms with Crippen LogP contribution in [0.25, 0.3) is 0 Å². The Bertz CT molecular complexity index is 308. The van der Waals surface area contributed by atoms with Gasteiger partial charge in [-0.3, -0.25) is 0 Å². The van der Waals surface area contributed by atoms with Gasteiger partial charge in [-0.05, 0) is 12.1 Å². The molecule has 0 radical (unpaired) electrons. The molecule has 0 aliphatic rings. The third-order valence-electron chi connectivity index (χ3n) is 1.48. The van der Waals surface area contributed by atoms with Gasteiger partial charge in [-0.1, -0.05) is 6.07 Å². The second-order valence-electron chi connectivity index (χ2n) is 2.36. The molecule has 0 fully saturated rings. The molecule has 1 aromatic rings. The maximum Gasteiger partial charge on any atom is 0.420 e. The summed E-state index contributed by atoms with van der Waals surface area (Å²) in [7, 11) is 0. The minimum atomic E-state index is -4.65. The highest BCUT2D eigenvalue weighted by atomic mass is 19.4. The van der Waals surface area contributed by atoms with Crippen molar-refractivity contribution in [3.63, 3.8) is 0 Å². The maximum absolute atomic E-state index is 12.2. The summed E-state index contributed by atoms with van der Waals surface area (Å²) in [5, 5.41) is 0. The van der Waals surface area contributed by atoms with E-state index in [1.165, 1.54) is 6.07 Å². The van der Waals surface area contributed by atoms with Gasteiger partial charge in [-0.25, -0.2) is 5.54 Å². The predicted molar refractivity (Wildman–Crippen MR) is 40.6 cm³/mol. The predicted octanol–water partition coefficient (Wildman–Crippen LogP) is 2.58. The molecule has 1 rings (SSSR count). The Balaban J connectivity index is 3.32. The molecule has 6 heteroatoms. The van der Waals surface area contributed by atoms with Crippen LogP contribution in [-0.4, -0.2) is 0 Å². The molecule has 0 unspecified atom stereocenters. The minimum Gasteiger partial charge on any atom is -0.398 e. The number of nitrogen functional groups attached to an aromatic ring is 1. The first-order valence-electron chi connectivity index (χ1n) is 3.29. The third-order valence-corrected chi connectivity index (χ3v) is 1.48. The first-order chi connectivity index (χ1) is 5.96. The zero-order chi connectivity index (χ0) is 10.1. The lowest BCUT2D eigenvalue weighted by Crippen LogP contribution is -2.11. The lowest BCUT2D eigenvalue weighted by Gasteiger charge is -2.12. The second kappa shape index (κ2) is 3.12. The van der Waals surface area contributed by atoms with Crippen molar-refractivity contribution in [2.24, 2.45) is 0 Å². The van der Waals surface area contributed by atoms with Gasteiger partial charge in [-0.15, -0.1) is 4.48 Å². The minimum absolute atomic E-state index is 0.504. The largest absolute Gasteiger partial charge is 0.420 e. The van der Waals surface area contributed by atoms with E-state index in [2.05, 4.69) is 0 Å². The summed E-state index contributed by atoms with van der Waals surface area (Å²) in [5.41, 5.74) is 3.64. The molecule has 0 spiro atoms. The molecule has 0 amide bonds. The van der Waals surface area contributed by atoms with Gasteiger partial charge in [0.1, 0.15) is 5.56 Å². The van der Waals surface area contributed by atoms with Gasteiger partial charge < -0.3 is 5.73 Å². The Morgan fingerprint density at radius 1 is 1.23 bits per heavy atom. The zero-order valence-corrected chi connectivity index (χ0v) is 6.32. The second-order valence-corrected chi connectivity index (χ2v) is 2.36. The van der Waals surface area contributed by atoms with Gasteiger partial charge in [-0.2, -0.15) is 13.2 Å². The summed E-state index contributed by atoms with van der Waals surface area (Å²) >= 11 is 0. The standard InChI is InChI=1S/C7H6F4N2/c8-7(9,10)6-4(12)2-1-3-5(6)13-11/h1-3,13H,12H2. The van der Waals surface area contributed by atoms with Crippen molar-refractivity contribution in [2.45, 2.75) is 6.18 Å². The van der Waals surface area contributed by atoms with Crippen LogP contribution >= 0.6 is 0 Å². The number of nitrogens with one attached hydrogen (secondary N) is 1. The highest BCUT2D eigenvalue weighted by molar-refractivity contribution is 5.64. The fraction of sp³-hybridized carbons (Fsp3) is 0.143. The van der Waals surface area contributed by atoms with E-state index in [9.17, 15) is 17.7 Å². The van der Waals surface area contributed by atoms with Crippen LogP contribution < -0.4 is 11.3 Å². The molecule has 2 nitrogen and oxygen atoms in total. The monoisotopic (exact) mass is 194 g/mol. The van der Waals surface area contributed by atoms with Gasteiger partial charge in [0, 0.05) is 5.69 Å². The highest BCUT2D eigenvalue weighted by Gasteiger charge is 2.35. The lowest BCUT2D eigenvalue weighted by atomic mass is 10.1. The fourth-order valence-corrected chi connectivity index (χ4v) is 0.965. The summed E-state index contributed by atoms with van der Waals surface area (Å²) in [6, 6.07) is 3.25. The molecule has 3 N–H and O–H groups in total. The van der Waals surface area contributed by atoms with Crippen LogP contribution in [0.5, 0.6) is 0 Å². The van der Waals surface area contributed by atoms with Crippen molar-refractivity contribution in [2.75, 3.05) is 11.3 Å². The fourth-order valence-electron chi connectivity index (χ4n) is 0.965. The molecule has 0 atom stereocenters. The van der Waals surface area contributed by atoms with Gasteiger partial charge in [0.2, 0.25) is 0 Å². The van der Waals surface area contributed by atoms with E-state index in [1.54, 1.807) is 0 Å². The van der Waals surface area contributed by atoms with Crippen molar-refractivity contribution < 1.29 is 17.7 Å². The van der Waals surface area contributed by atoms with Crippen molar-refractivity contribution in [3.8, 4) is 0 Å². The molecule has 72 valence electrons. The Morgan fingerprint density at radius 2 is 1.85 bits per heavy atom. The van der Waals surface area contributed by atoms with E-state index < -0.39 is 23.1 Å². The van der Waals surface area contributed by atoms with E-state index in [0.29, 0.717) is 0 Å². The smallest absolute Gasteiger partial charge is 0.398 e. The van der Waals surface area contributed by atoms with Crippen LogP contribution in [0.15, 0.2) is 18.2 Å². The van der Waals surface area contributed by atoms with Gasteiger partial charge in [0.15, 0.2) is 0 Å². The molecule has 0 bridgehead atoms. The summed E-state index contributed by atoms with van der Waals surface area (Å²) in [5.74, 6) is 0. The number of alkyl halides is 3. The van der Waals surface area contributed by atoms with E-state index in [1.807, 2.05) is 0 Å². The van der Waals surface area contributed by atoms with Gasteiger partial charge in [0.05, 0.1) is 5.69 Å². The lowest BCUT2D eigenvalue weighted by molar-refractivity contribution is -0.136. The number of nitrogens with two attached hydrogens (primary N) is 1. The van der Waals surface area contributed by atoms with Crippen molar-refractivity contribution in [3.05, 3.63) is 23.8 Å². The molecule has 13 heavy (non-hydrogen) atoms. The summed E-state index contributed by atoms with van der Waals surface area (Å²) < 4.78 is 48.5. The molecule has 0 aromatic heterocycles. The number of halogens is 4. The quantitative estimate of drug-likeness (QED) is 0.409. The SMILES string of the molecule is Nc1cccc(NF)c1C(F)(F)F. The van der Waals surface area contributed by atoms with E-state index in [0.717, 1.165) is 17.7 Å². The van der Waals surface area contributed by atoms with Crippen LogP contribution in [0.1, 0.15) is 5.56 Å². The molecular formula is C7H6F4N2. The van der Waals surface area contributed by atoms with E-state index in [4.69, 9.17) is 5.73 Å². The average molecular weight is 194 g/mol.